The lowest BCUT2D eigenvalue weighted by Crippen LogP contribution is -2.51. The van der Waals surface area contributed by atoms with Crippen LogP contribution in [-0.4, -0.2) is 54.1 Å². The Bertz CT molecular complexity index is 1010. The Morgan fingerprint density at radius 3 is 2.60 bits per heavy atom. The molecule has 0 saturated carbocycles. The van der Waals surface area contributed by atoms with Crippen molar-refractivity contribution in [1.82, 2.24) is 0 Å². The molecule has 7 nitrogen and oxygen atoms in total. The van der Waals surface area contributed by atoms with Crippen LogP contribution in [0.4, 0.5) is 0 Å². The average molecular weight is 410 g/mol. The minimum Gasteiger partial charge on any atom is -0.493 e. The van der Waals surface area contributed by atoms with Gasteiger partial charge in [0, 0.05) is 19.0 Å². The van der Waals surface area contributed by atoms with Gasteiger partial charge >= 0.3 is 7.98 Å². The van der Waals surface area contributed by atoms with Crippen molar-refractivity contribution in [1.29, 1.82) is 0 Å². The van der Waals surface area contributed by atoms with Crippen molar-refractivity contribution in [2.45, 2.75) is 25.2 Å². The van der Waals surface area contributed by atoms with Crippen LogP contribution in [0.25, 0.3) is 0 Å². The molecule has 0 aromatic heterocycles. The van der Waals surface area contributed by atoms with Crippen LogP contribution in [0.1, 0.15) is 34.4 Å². The van der Waals surface area contributed by atoms with Crippen molar-refractivity contribution in [2.24, 2.45) is 0 Å². The smallest absolute Gasteiger partial charge is 0.481 e. The van der Waals surface area contributed by atoms with Crippen LogP contribution >= 0.6 is 0 Å². The molecule has 3 aliphatic heterocycles. The van der Waals surface area contributed by atoms with Crippen LogP contribution in [0.15, 0.2) is 18.2 Å². The molecule has 0 amide bonds. The van der Waals surface area contributed by atoms with Gasteiger partial charge < -0.3 is 32.8 Å². The van der Waals surface area contributed by atoms with E-state index in [-0.39, 0.29) is 23.3 Å². The molecule has 3 aliphatic rings. The predicted molar refractivity (Wildman–Crippen MR) is 109 cm³/mol. The number of hydrogen-bond donors (Lipinski definition) is 0. The van der Waals surface area contributed by atoms with Crippen LogP contribution in [-0.2, 0) is 17.8 Å². The topological polar surface area (TPSA) is 55.4 Å². The van der Waals surface area contributed by atoms with E-state index in [2.05, 4.69) is 6.07 Å². The van der Waals surface area contributed by atoms with Crippen molar-refractivity contribution >= 4 is 7.98 Å². The Hall–Kier alpha value is -2.58. The van der Waals surface area contributed by atoms with Gasteiger partial charge in [-0.25, -0.2) is 0 Å². The summed E-state index contributed by atoms with van der Waals surface area (Å²) in [6, 6.07) is 5.83. The summed E-state index contributed by atoms with van der Waals surface area (Å²) in [6.07, 6.45) is 0.556. The third kappa shape index (κ3) is 2.67. The summed E-state index contributed by atoms with van der Waals surface area (Å²) < 4.78 is 34.9. The quantitative estimate of drug-likeness (QED) is 0.723. The molecule has 5 rings (SSSR count). The molecule has 2 aromatic rings. The van der Waals surface area contributed by atoms with Crippen LogP contribution in [0.5, 0.6) is 28.7 Å². The average Bonchev–Trinajstić information content (AvgIpc) is 3.38. The molecule has 0 saturated heterocycles. The summed E-state index contributed by atoms with van der Waals surface area (Å²) >= 11 is 0. The number of rotatable bonds is 4. The second kappa shape index (κ2) is 6.99. The lowest BCUT2D eigenvalue weighted by molar-refractivity contribution is -0.838. The van der Waals surface area contributed by atoms with Gasteiger partial charge in [-0.1, -0.05) is 6.07 Å². The van der Waals surface area contributed by atoms with E-state index < -0.39 is 0 Å². The summed E-state index contributed by atoms with van der Waals surface area (Å²) in [5.41, 5.74) is 4.22. The Labute approximate surface area is 177 Å². The second-order valence-corrected chi connectivity index (χ2v) is 8.08. The fourth-order valence-electron chi connectivity index (χ4n) is 5.01. The van der Waals surface area contributed by atoms with E-state index in [0.29, 0.717) is 29.6 Å². The molecule has 0 fully saturated rings. The van der Waals surface area contributed by atoms with E-state index in [1.54, 1.807) is 21.3 Å². The molecule has 8 heteroatoms. The van der Waals surface area contributed by atoms with E-state index in [1.165, 1.54) is 0 Å². The largest absolute Gasteiger partial charge is 0.493 e. The maximum absolute atomic E-state index is 6.84. The van der Waals surface area contributed by atoms with Crippen LogP contribution in [0, 0.1) is 0 Å². The van der Waals surface area contributed by atoms with Gasteiger partial charge in [0.1, 0.15) is 12.1 Å². The third-order valence-electron chi connectivity index (χ3n) is 6.43. The zero-order valence-electron chi connectivity index (χ0n) is 17.7. The first-order valence-corrected chi connectivity index (χ1v) is 9.98. The maximum Gasteiger partial charge on any atom is 0.481 e. The molecular formula is C22H25BNO6+. The second-order valence-electron chi connectivity index (χ2n) is 8.08. The summed E-state index contributed by atoms with van der Waals surface area (Å²) in [6.45, 7) is 1.38. The first-order chi connectivity index (χ1) is 14.5. The lowest BCUT2D eigenvalue weighted by atomic mass is 9.81. The number of benzene rings is 2. The van der Waals surface area contributed by atoms with Crippen molar-refractivity contribution in [3.8, 4) is 28.7 Å². The zero-order valence-corrected chi connectivity index (χ0v) is 17.7. The maximum atomic E-state index is 6.84. The Morgan fingerprint density at radius 2 is 1.87 bits per heavy atom. The summed E-state index contributed by atoms with van der Waals surface area (Å²) in [4.78, 5) is 0. The molecule has 2 aromatic carbocycles. The van der Waals surface area contributed by atoms with Crippen molar-refractivity contribution in [2.75, 3.05) is 41.7 Å². The number of nitrogens with zero attached hydrogens (tertiary/aromatic N) is 1. The van der Waals surface area contributed by atoms with E-state index in [0.717, 1.165) is 41.0 Å². The lowest BCUT2D eigenvalue weighted by Gasteiger charge is -2.46. The molecular weight excluding hydrogens is 385 g/mol. The molecule has 3 atom stereocenters. The van der Waals surface area contributed by atoms with Gasteiger partial charge in [0.05, 0.1) is 40.0 Å². The minimum absolute atomic E-state index is 0.183. The van der Waals surface area contributed by atoms with Crippen molar-refractivity contribution in [3.05, 3.63) is 40.5 Å². The molecule has 0 N–H and O–H groups in total. The fourth-order valence-corrected chi connectivity index (χ4v) is 5.01. The highest BCUT2D eigenvalue weighted by molar-refractivity contribution is 5.97. The number of quaternary nitrogens is 1. The van der Waals surface area contributed by atoms with E-state index in [1.807, 2.05) is 19.2 Å². The highest BCUT2D eigenvalue weighted by Crippen LogP contribution is 2.56. The number of methoxy groups -OCH3 is 3. The molecule has 156 valence electrons. The molecule has 3 heterocycles. The summed E-state index contributed by atoms with van der Waals surface area (Å²) in [5, 5.41) is 0. The number of fused-ring (bicyclic) bond motifs is 3. The van der Waals surface area contributed by atoms with Gasteiger partial charge in [0.2, 0.25) is 12.5 Å². The first kappa shape index (κ1) is 19.4. The molecule has 0 spiro atoms. The Balaban J connectivity index is 1.69. The standard InChI is InChI=1S/C22H25BNO6/c1-24(23)8-7-12-9-16-21(30-11-29-16)22(27-4)17(12)18(24)20-13-5-6-15(25-2)19(26-3)14(13)10-28-20/h5-6,9,18,20H,7-8,10-11H2,1-4H3/q+1/t18-,20+,24?/m1/s1. The van der Waals surface area contributed by atoms with Gasteiger partial charge in [-0.2, -0.15) is 0 Å². The van der Waals surface area contributed by atoms with Gasteiger partial charge in [0.15, 0.2) is 23.0 Å². The predicted octanol–water partition coefficient (Wildman–Crippen LogP) is 2.84. The van der Waals surface area contributed by atoms with Gasteiger partial charge in [0.25, 0.3) is 0 Å². The highest BCUT2D eigenvalue weighted by Gasteiger charge is 2.48. The first-order valence-electron chi connectivity index (χ1n) is 9.98. The summed E-state index contributed by atoms with van der Waals surface area (Å²) in [7, 11) is 13.8. The SMILES string of the molecule is [B][N+]1(C)CCc2cc3c(c(OC)c2[C@@H]1[C@H]1OCc2c1ccc(OC)c2OC)OCO3. The van der Waals surface area contributed by atoms with E-state index in [9.17, 15) is 0 Å². The normalized spacial score (nSPS) is 26.1. The van der Waals surface area contributed by atoms with Crippen LogP contribution in [0.2, 0.25) is 0 Å². The van der Waals surface area contributed by atoms with E-state index in [4.69, 9.17) is 36.4 Å². The molecule has 0 aliphatic carbocycles. The molecule has 2 radical (unpaired) electrons. The third-order valence-corrected chi connectivity index (χ3v) is 6.43. The van der Waals surface area contributed by atoms with Crippen molar-refractivity contribution < 1.29 is 32.8 Å². The van der Waals surface area contributed by atoms with Crippen molar-refractivity contribution in [3.63, 3.8) is 0 Å². The molecule has 1 unspecified atom stereocenters. The minimum atomic E-state index is -0.261. The molecule has 30 heavy (non-hydrogen) atoms. The summed E-state index contributed by atoms with van der Waals surface area (Å²) in [5.74, 6) is 3.43. The number of hydrogen-bond acceptors (Lipinski definition) is 6. The van der Waals surface area contributed by atoms with Crippen LogP contribution < -0.4 is 23.7 Å². The fraction of sp³-hybridized carbons (Fsp3) is 0.455. The van der Waals surface area contributed by atoms with Gasteiger partial charge in [-0.05, 0) is 23.3 Å². The van der Waals surface area contributed by atoms with Crippen LogP contribution in [0.3, 0.4) is 0 Å². The Kier molecular flexibility index (Phi) is 4.52. The highest BCUT2D eigenvalue weighted by atomic mass is 16.7. The zero-order chi connectivity index (χ0) is 21.0. The molecule has 0 bridgehead atoms. The monoisotopic (exact) mass is 410 g/mol. The number of likely N-dealkylation sites (N-methyl/N-ethyl adjacent to an activating group) is 1. The number of ether oxygens (including phenoxy) is 6. The Morgan fingerprint density at radius 1 is 1.07 bits per heavy atom. The van der Waals surface area contributed by atoms with E-state index >= 15 is 0 Å². The van der Waals surface area contributed by atoms with Gasteiger partial charge in [-0.15, -0.1) is 0 Å². The van der Waals surface area contributed by atoms with Gasteiger partial charge in [-0.3, -0.25) is 0 Å².